The van der Waals surface area contributed by atoms with E-state index in [1.54, 1.807) is 0 Å². The Morgan fingerprint density at radius 3 is 0.859 bits per heavy atom. The van der Waals surface area contributed by atoms with E-state index >= 15 is 0 Å². The molecule has 0 aliphatic rings. The first kappa shape index (κ1) is 67.1. The van der Waals surface area contributed by atoms with Crippen LogP contribution in [0.15, 0.2) is 109 Å². The van der Waals surface area contributed by atoms with Crippen LogP contribution in [0, 0.1) is 0 Å². The van der Waals surface area contributed by atoms with Crippen molar-refractivity contribution in [3.8, 4) is 0 Å². The van der Waals surface area contributed by atoms with Gasteiger partial charge >= 0.3 is 17.9 Å². The summed E-state index contributed by atoms with van der Waals surface area (Å²) < 4.78 is 16.7. The summed E-state index contributed by atoms with van der Waals surface area (Å²) in [6, 6.07) is 0. The van der Waals surface area contributed by atoms with Crippen LogP contribution in [0.1, 0.15) is 265 Å². The molecular formula is C65H108O6. The lowest BCUT2D eigenvalue weighted by atomic mass is 10.0. The molecule has 0 aromatic carbocycles. The molecule has 0 N–H and O–H groups in total. The van der Waals surface area contributed by atoms with E-state index in [-0.39, 0.29) is 37.5 Å². The molecule has 0 saturated carbocycles. The van der Waals surface area contributed by atoms with Crippen molar-refractivity contribution in [2.45, 2.75) is 271 Å². The summed E-state index contributed by atoms with van der Waals surface area (Å²) in [5.74, 6) is -0.960. The first-order valence-electron chi connectivity index (χ1n) is 29.4. The minimum atomic E-state index is -0.798. The van der Waals surface area contributed by atoms with E-state index in [9.17, 15) is 14.4 Å². The van der Waals surface area contributed by atoms with Gasteiger partial charge in [0.1, 0.15) is 13.2 Å². The highest BCUT2D eigenvalue weighted by Gasteiger charge is 2.19. The van der Waals surface area contributed by atoms with Gasteiger partial charge in [-0.15, -0.1) is 0 Å². The second kappa shape index (κ2) is 58.6. The lowest BCUT2D eigenvalue weighted by Crippen LogP contribution is -2.30. The number of esters is 3. The first-order valence-corrected chi connectivity index (χ1v) is 29.4. The molecule has 0 heterocycles. The molecule has 1 atom stereocenters. The van der Waals surface area contributed by atoms with Crippen LogP contribution in [-0.2, 0) is 28.6 Å². The Kier molecular flexibility index (Phi) is 55.4. The Balaban J connectivity index is 4.29. The van der Waals surface area contributed by atoms with Crippen molar-refractivity contribution in [3.63, 3.8) is 0 Å². The van der Waals surface area contributed by atoms with E-state index in [2.05, 4.69) is 130 Å². The van der Waals surface area contributed by atoms with Crippen LogP contribution in [0.2, 0.25) is 0 Å². The molecular weight excluding hydrogens is 877 g/mol. The van der Waals surface area contributed by atoms with Gasteiger partial charge in [0.05, 0.1) is 0 Å². The Labute approximate surface area is 438 Å². The molecule has 404 valence electrons. The number of allylic oxidation sites excluding steroid dienone is 18. The fraction of sp³-hybridized carbons (Fsp3) is 0.677. The highest BCUT2D eigenvalue weighted by atomic mass is 16.6. The molecule has 0 bridgehead atoms. The highest BCUT2D eigenvalue weighted by Crippen LogP contribution is 2.16. The number of hydrogen-bond acceptors (Lipinski definition) is 6. The lowest BCUT2D eigenvalue weighted by Gasteiger charge is -2.18. The van der Waals surface area contributed by atoms with E-state index in [1.165, 1.54) is 116 Å². The van der Waals surface area contributed by atoms with E-state index in [1.807, 2.05) is 0 Å². The average Bonchev–Trinajstić information content (AvgIpc) is 3.37. The maximum Gasteiger partial charge on any atom is 0.306 e. The Bertz CT molecular complexity index is 1460. The smallest absolute Gasteiger partial charge is 0.306 e. The van der Waals surface area contributed by atoms with Crippen LogP contribution in [0.5, 0.6) is 0 Å². The molecule has 0 fully saturated rings. The number of rotatable bonds is 52. The topological polar surface area (TPSA) is 78.9 Å². The third kappa shape index (κ3) is 56.9. The van der Waals surface area contributed by atoms with Crippen molar-refractivity contribution >= 4 is 17.9 Å². The van der Waals surface area contributed by atoms with Crippen LogP contribution in [0.3, 0.4) is 0 Å². The predicted octanol–water partition coefficient (Wildman–Crippen LogP) is 19.9. The molecule has 71 heavy (non-hydrogen) atoms. The van der Waals surface area contributed by atoms with Crippen molar-refractivity contribution in [3.05, 3.63) is 109 Å². The second-order valence-electron chi connectivity index (χ2n) is 19.2. The monoisotopic (exact) mass is 985 g/mol. The SMILES string of the molecule is CC/C=C\C/C=C\C/C=C\C/C=C\C/C=C\C/C=C\C/C=C\C/C=C\C/C=C\CCCC(=O)OCC(COC(=O)CCCCCCCCC)OC(=O)CCCCCCCCCCCCCCCCCCC. The Hall–Kier alpha value is -3.93. The third-order valence-corrected chi connectivity index (χ3v) is 12.3. The number of unbranched alkanes of at least 4 members (excludes halogenated alkanes) is 23. The summed E-state index contributed by atoms with van der Waals surface area (Å²) >= 11 is 0. The zero-order valence-corrected chi connectivity index (χ0v) is 46.2. The highest BCUT2D eigenvalue weighted by molar-refractivity contribution is 5.71. The van der Waals surface area contributed by atoms with E-state index < -0.39 is 6.10 Å². The summed E-state index contributed by atoms with van der Waals surface area (Å²) in [7, 11) is 0. The lowest BCUT2D eigenvalue weighted by molar-refractivity contribution is -0.167. The molecule has 0 radical (unpaired) electrons. The minimum Gasteiger partial charge on any atom is -0.462 e. The van der Waals surface area contributed by atoms with Crippen molar-refractivity contribution < 1.29 is 28.6 Å². The van der Waals surface area contributed by atoms with Crippen LogP contribution in [-0.4, -0.2) is 37.2 Å². The number of ether oxygens (including phenoxy) is 3. The number of hydrogen-bond donors (Lipinski definition) is 0. The van der Waals surface area contributed by atoms with Gasteiger partial charge in [-0.2, -0.15) is 0 Å². The largest absolute Gasteiger partial charge is 0.462 e. The van der Waals surface area contributed by atoms with Crippen molar-refractivity contribution in [2.24, 2.45) is 0 Å². The molecule has 0 saturated heterocycles. The van der Waals surface area contributed by atoms with Crippen LogP contribution < -0.4 is 0 Å². The zero-order valence-electron chi connectivity index (χ0n) is 46.2. The van der Waals surface area contributed by atoms with Gasteiger partial charge in [-0.1, -0.05) is 271 Å². The summed E-state index contributed by atoms with van der Waals surface area (Å²) in [5.41, 5.74) is 0. The van der Waals surface area contributed by atoms with Crippen LogP contribution in [0.4, 0.5) is 0 Å². The molecule has 1 unspecified atom stereocenters. The molecule has 0 aliphatic heterocycles. The maximum atomic E-state index is 12.8. The second-order valence-corrected chi connectivity index (χ2v) is 19.2. The number of carbonyl (C=O) groups is 3. The van der Waals surface area contributed by atoms with Gasteiger partial charge in [-0.3, -0.25) is 14.4 Å². The Morgan fingerprint density at radius 1 is 0.296 bits per heavy atom. The van der Waals surface area contributed by atoms with Crippen LogP contribution in [0.25, 0.3) is 0 Å². The van der Waals surface area contributed by atoms with Gasteiger partial charge in [0.25, 0.3) is 0 Å². The average molecular weight is 986 g/mol. The van der Waals surface area contributed by atoms with Crippen molar-refractivity contribution in [2.75, 3.05) is 13.2 Å². The van der Waals surface area contributed by atoms with Crippen molar-refractivity contribution in [1.29, 1.82) is 0 Å². The summed E-state index contributed by atoms with van der Waals surface area (Å²) in [5, 5.41) is 0. The Morgan fingerprint density at radius 2 is 0.549 bits per heavy atom. The minimum absolute atomic E-state index is 0.0943. The van der Waals surface area contributed by atoms with Crippen molar-refractivity contribution in [1.82, 2.24) is 0 Å². The van der Waals surface area contributed by atoms with E-state index in [0.717, 1.165) is 103 Å². The molecule has 0 aromatic rings. The first-order chi connectivity index (χ1) is 35.0. The summed E-state index contributed by atoms with van der Waals surface area (Å²) in [4.78, 5) is 37.9. The molecule has 0 rings (SSSR count). The number of carbonyl (C=O) groups excluding carboxylic acids is 3. The predicted molar refractivity (Wildman–Crippen MR) is 307 cm³/mol. The quantitative estimate of drug-likeness (QED) is 0.0261. The molecule has 0 aromatic heterocycles. The molecule has 0 amide bonds. The van der Waals surface area contributed by atoms with Gasteiger partial charge < -0.3 is 14.2 Å². The van der Waals surface area contributed by atoms with Gasteiger partial charge in [-0.25, -0.2) is 0 Å². The molecule has 0 spiro atoms. The van der Waals surface area contributed by atoms with Gasteiger partial charge in [0, 0.05) is 19.3 Å². The zero-order chi connectivity index (χ0) is 51.4. The third-order valence-electron chi connectivity index (χ3n) is 12.3. The molecule has 6 heteroatoms. The summed E-state index contributed by atoms with van der Waals surface area (Å²) in [6.45, 7) is 6.44. The van der Waals surface area contributed by atoms with E-state index in [4.69, 9.17) is 14.2 Å². The normalized spacial score (nSPS) is 12.9. The molecule has 0 aliphatic carbocycles. The van der Waals surface area contributed by atoms with Gasteiger partial charge in [0.2, 0.25) is 0 Å². The van der Waals surface area contributed by atoms with Crippen LogP contribution >= 0.6 is 0 Å². The standard InChI is InChI=1S/C65H108O6/c1-4-7-10-13-16-18-20-22-24-26-27-28-29-30-31-32-33-34-35-36-37-39-40-42-44-46-49-52-55-58-64(67)70-61-62(60-69-63(66)57-54-51-48-15-12-9-6-3)71-65(68)59-56-53-50-47-45-43-41-38-25-23-21-19-17-14-11-8-5-2/h7,10,16,18,22,24,27-28,30-31,33-34,36-37,40,42,46,49,62H,4-6,8-9,11-15,17,19-21,23,25-26,29,32,35,38-39,41,43-45,47-48,50-61H2,1-3H3/b10-7-,18-16-,24-22-,28-27-,31-30-,34-33-,37-36-,42-40-,49-46-. The van der Waals surface area contributed by atoms with Gasteiger partial charge in [-0.05, 0) is 83.5 Å². The molecule has 6 nitrogen and oxygen atoms in total. The van der Waals surface area contributed by atoms with E-state index in [0.29, 0.717) is 19.3 Å². The van der Waals surface area contributed by atoms with Gasteiger partial charge in [0.15, 0.2) is 6.10 Å². The maximum absolute atomic E-state index is 12.8. The fourth-order valence-corrected chi connectivity index (χ4v) is 7.91. The summed E-state index contributed by atoms with van der Waals surface area (Å²) in [6.07, 6.45) is 79.7. The fourth-order valence-electron chi connectivity index (χ4n) is 7.91.